The highest BCUT2D eigenvalue weighted by atomic mass is 16.5. The molecule has 0 saturated heterocycles. The predicted molar refractivity (Wildman–Crippen MR) is 75.0 cm³/mol. The van der Waals surface area contributed by atoms with Crippen LogP contribution in [0.15, 0.2) is 12.4 Å². The largest absolute Gasteiger partial charge is 0.490 e. The van der Waals surface area contributed by atoms with Gasteiger partial charge in [-0.3, -0.25) is 4.68 Å². The van der Waals surface area contributed by atoms with E-state index in [9.17, 15) is 0 Å². The van der Waals surface area contributed by atoms with E-state index in [1.165, 1.54) is 12.8 Å². The lowest BCUT2D eigenvalue weighted by atomic mass is 10.1. The average Bonchev–Trinajstić information content (AvgIpc) is 2.74. The Hall–Kier alpha value is -1.03. The van der Waals surface area contributed by atoms with E-state index in [0.717, 1.165) is 31.9 Å². The van der Waals surface area contributed by atoms with E-state index in [2.05, 4.69) is 38.1 Å². The van der Waals surface area contributed by atoms with Gasteiger partial charge in [-0.05, 0) is 53.5 Å². The van der Waals surface area contributed by atoms with Crippen LogP contribution in [0.1, 0.15) is 47.0 Å². The van der Waals surface area contributed by atoms with Crippen molar-refractivity contribution in [3.8, 4) is 5.75 Å². The number of ether oxygens (including phenoxy) is 1. The molecule has 1 aromatic rings. The van der Waals surface area contributed by atoms with E-state index in [1.807, 2.05) is 10.9 Å². The summed E-state index contributed by atoms with van der Waals surface area (Å²) in [5, 5.41) is 7.66. The zero-order chi connectivity index (χ0) is 13.4. The molecule has 4 heteroatoms. The molecule has 0 aliphatic carbocycles. The lowest BCUT2D eigenvalue weighted by molar-refractivity contribution is 0.302. The number of nitrogens with zero attached hydrogens (tertiary/aromatic N) is 2. The molecule has 1 aromatic heterocycles. The van der Waals surface area contributed by atoms with Crippen molar-refractivity contribution >= 4 is 0 Å². The Bertz CT molecular complexity index is 328. The molecule has 18 heavy (non-hydrogen) atoms. The minimum Gasteiger partial charge on any atom is -0.490 e. The van der Waals surface area contributed by atoms with Crippen molar-refractivity contribution in [1.82, 2.24) is 15.1 Å². The van der Waals surface area contributed by atoms with Crippen LogP contribution in [0.25, 0.3) is 0 Å². The van der Waals surface area contributed by atoms with Crippen LogP contribution >= 0.6 is 0 Å². The third-order valence-corrected chi connectivity index (χ3v) is 2.68. The monoisotopic (exact) mass is 253 g/mol. The molecule has 4 nitrogen and oxygen atoms in total. The van der Waals surface area contributed by atoms with Crippen molar-refractivity contribution in [2.24, 2.45) is 0 Å². The smallest absolute Gasteiger partial charge is 0.157 e. The molecule has 0 unspecified atom stereocenters. The molecule has 0 aromatic carbocycles. The van der Waals surface area contributed by atoms with Crippen molar-refractivity contribution in [2.45, 2.75) is 59.0 Å². The SMILES string of the molecule is CCn1cc(OCCCCCNC(C)(C)C)cn1. The highest BCUT2D eigenvalue weighted by Gasteiger charge is 2.06. The Balaban J connectivity index is 1.99. The third-order valence-electron chi connectivity index (χ3n) is 2.68. The first-order valence-electron chi connectivity index (χ1n) is 6.91. The molecule has 0 bridgehead atoms. The number of unbranched alkanes of at least 4 members (excludes halogenated alkanes) is 2. The van der Waals surface area contributed by atoms with E-state index >= 15 is 0 Å². The van der Waals surface area contributed by atoms with Gasteiger partial charge in [-0.1, -0.05) is 0 Å². The fourth-order valence-electron chi connectivity index (χ4n) is 1.65. The molecular formula is C14H27N3O. The maximum absolute atomic E-state index is 5.63. The number of aryl methyl sites for hydroxylation is 1. The van der Waals surface area contributed by atoms with Crippen molar-refractivity contribution in [2.75, 3.05) is 13.2 Å². The van der Waals surface area contributed by atoms with E-state index < -0.39 is 0 Å². The molecule has 0 spiro atoms. The second-order valence-electron chi connectivity index (χ2n) is 5.62. The van der Waals surface area contributed by atoms with Gasteiger partial charge in [0.25, 0.3) is 0 Å². The normalized spacial score (nSPS) is 11.8. The second-order valence-corrected chi connectivity index (χ2v) is 5.62. The van der Waals surface area contributed by atoms with Crippen molar-refractivity contribution < 1.29 is 4.74 Å². The fourth-order valence-corrected chi connectivity index (χ4v) is 1.65. The van der Waals surface area contributed by atoms with Crippen molar-refractivity contribution in [1.29, 1.82) is 0 Å². The molecule has 0 radical (unpaired) electrons. The van der Waals surface area contributed by atoms with Crippen LogP contribution in [-0.4, -0.2) is 28.5 Å². The molecule has 0 saturated carbocycles. The Morgan fingerprint density at radius 3 is 2.67 bits per heavy atom. The summed E-state index contributed by atoms with van der Waals surface area (Å²) in [5.74, 6) is 0.879. The number of aromatic nitrogens is 2. The lowest BCUT2D eigenvalue weighted by Gasteiger charge is -2.20. The van der Waals surface area contributed by atoms with Gasteiger partial charge in [0.1, 0.15) is 0 Å². The molecule has 0 aliphatic heterocycles. The minimum atomic E-state index is 0.227. The van der Waals surface area contributed by atoms with Gasteiger partial charge in [0.15, 0.2) is 5.75 Å². The lowest BCUT2D eigenvalue weighted by Crippen LogP contribution is -2.36. The maximum Gasteiger partial charge on any atom is 0.157 e. The van der Waals surface area contributed by atoms with Crippen LogP contribution in [0.3, 0.4) is 0 Å². The molecule has 0 fully saturated rings. The van der Waals surface area contributed by atoms with Gasteiger partial charge in [0.2, 0.25) is 0 Å². The number of nitrogens with one attached hydrogen (secondary N) is 1. The Morgan fingerprint density at radius 2 is 2.06 bits per heavy atom. The third kappa shape index (κ3) is 6.64. The van der Waals surface area contributed by atoms with Gasteiger partial charge in [-0.25, -0.2) is 0 Å². The summed E-state index contributed by atoms with van der Waals surface area (Å²) in [6.45, 7) is 11.4. The van der Waals surface area contributed by atoms with Crippen LogP contribution in [0, 0.1) is 0 Å². The van der Waals surface area contributed by atoms with E-state index in [-0.39, 0.29) is 5.54 Å². The first-order valence-corrected chi connectivity index (χ1v) is 6.91. The van der Waals surface area contributed by atoms with E-state index in [4.69, 9.17) is 4.74 Å². The molecule has 0 amide bonds. The van der Waals surface area contributed by atoms with E-state index in [1.54, 1.807) is 6.20 Å². The van der Waals surface area contributed by atoms with Gasteiger partial charge in [-0.2, -0.15) is 5.10 Å². The summed E-state index contributed by atoms with van der Waals surface area (Å²) in [5.41, 5.74) is 0.227. The Morgan fingerprint density at radius 1 is 1.28 bits per heavy atom. The molecule has 1 rings (SSSR count). The summed E-state index contributed by atoms with van der Waals surface area (Å²) in [6.07, 6.45) is 7.23. The zero-order valence-corrected chi connectivity index (χ0v) is 12.2. The highest BCUT2D eigenvalue weighted by molar-refractivity contribution is 5.11. The summed E-state index contributed by atoms with van der Waals surface area (Å²) < 4.78 is 7.51. The summed E-state index contributed by atoms with van der Waals surface area (Å²) in [6, 6.07) is 0. The number of rotatable bonds is 8. The van der Waals surface area contributed by atoms with Gasteiger partial charge >= 0.3 is 0 Å². The van der Waals surface area contributed by atoms with Gasteiger partial charge in [0, 0.05) is 12.1 Å². The molecule has 0 atom stereocenters. The van der Waals surface area contributed by atoms with Crippen molar-refractivity contribution in [3.05, 3.63) is 12.4 Å². The summed E-state index contributed by atoms with van der Waals surface area (Å²) in [4.78, 5) is 0. The highest BCUT2D eigenvalue weighted by Crippen LogP contribution is 2.09. The minimum absolute atomic E-state index is 0.227. The molecule has 1 heterocycles. The summed E-state index contributed by atoms with van der Waals surface area (Å²) >= 11 is 0. The van der Waals surface area contributed by atoms with Crippen LogP contribution < -0.4 is 10.1 Å². The Labute approximate surface area is 111 Å². The first-order chi connectivity index (χ1) is 8.51. The zero-order valence-electron chi connectivity index (χ0n) is 12.2. The fraction of sp³-hybridized carbons (Fsp3) is 0.786. The standard InChI is InChI=1S/C14H27N3O/c1-5-17-12-13(11-16-17)18-10-8-6-7-9-15-14(2,3)4/h11-12,15H,5-10H2,1-4H3. The topological polar surface area (TPSA) is 39.1 Å². The molecular weight excluding hydrogens is 226 g/mol. The average molecular weight is 253 g/mol. The second kappa shape index (κ2) is 7.41. The molecule has 0 aliphatic rings. The predicted octanol–water partition coefficient (Wildman–Crippen LogP) is 2.84. The summed E-state index contributed by atoms with van der Waals surface area (Å²) in [7, 11) is 0. The van der Waals surface area contributed by atoms with Gasteiger partial charge < -0.3 is 10.1 Å². The maximum atomic E-state index is 5.63. The van der Waals surface area contributed by atoms with E-state index in [0.29, 0.717) is 0 Å². The van der Waals surface area contributed by atoms with Crippen LogP contribution in [0.2, 0.25) is 0 Å². The molecule has 104 valence electrons. The van der Waals surface area contributed by atoms with Crippen LogP contribution in [-0.2, 0) is 6.54 Å². The van der Waals surface area contributed by atoms with Gasteiger partial charge in [-0.15, -0.1) is 0 Å². The molecule has 1 N–H and O–H groups in total. The quantitative estimate of drug-likeness (QED) is 0.724. The number of hydrogen-bond acceptors (Lipinski definition) is 3. The van der Waals surface area contributed by atoms with Crippen LogP contribution in [0.5, 0.6) is 5.75 Å². The van der Waals surface area contributed by atoms with Gasteiger partial charge in [0.05, 0.1) is 19.0 Å². The number of hydrogen-bond donors (Lipinski definition) is 1. The van der Waals surface area contributed by atoms with Crippen molar-refractivity contribution in [3.63, 3.8) is 0 Å². The first kappa shape index (κ1) is 15.0. The van der Waals surface area contributed by atoms with Crippen LogP contribution in [0.4, 0.5) is 0 Å². The Kier molecular flexibility index (Phi) is 6.19.